The monoisotopic (exact) mass is 287 g/mol. The van der Waals surface area contributed by atoms with Crippen molar-refractivity contribution < 1.29 is 18.6 Å². The van der Waals surface area contributed by atoms with E-state index in [0.29, 0.717) is 18.0 Å². The van der Waals surface area contributed by atoms with Crippen LogP contribution in [0, 0.1) is 17.6 Å². The zero-order valence-electron chi connectivity index (χ0n) is 12.5. The zero-order valence-corrected chi connectivity index (χ0v) is 12.5. The summed E-state index contributed by atoms with van der Waals surface area (Å²) in [7, 11) is 0. The lowest BCUT2D eigenvalue weighted by Gasteiger charge is -2.18. The molecule has 114 valence electrons. The molecule has 20 heavy (non-hydrogen) atoms. The van der Waals surface area contributed by atoms with Crippen molar-refractivity contribution in [1.29, 1.82) is 0 Å². The van der Waals surface area contributed by atoms with E-state index in [0.717, 1.165) is 6.54 Å². The largest absolute Gasteiger partial charge is 0.485 e. The highest BCUT2D eigenvalue weighted by Crippen LogP contribution is 2.24. The van der Waals surface area contributed by atoms with Crippen LogP contribution < -0.4 is 10.1 Å². The van der Waals surface area contributed by atoms with Crippen LogP contribution in [0.3, 0.4) is 0 Å². The minimum Gasteiger partial charge on any atom is -0.485 e. The molecule has 0 radical (unpaired) electrons. The minimum atomic E-state index is -1.14. The normalized spacial score (nSPS) is 12.0. The second-order valence-corrected chi connectivity index (χ2v) is 6.01. The average molecular weight is 287 g/mol. The molecule has 2 N–H and O–H groups in total. The second-order valence-electron chi connectivity index (χ2n) is 6.01. The Morgan fingerprint density at radius 2 is 1.80 bits per heavy atom. The Hall–Kier alpha value is -1.20. The predicted octanol–water partition coefficient (Wildman–Crippen LogP) is 2.86. The van der Waals surface area contributed by atoms with Crippen molar-refractivity contribution in [3.63, 3.8) is 0 Å². The maximum Gasteiger partial charge on any atom is 0.190 e. The topological polar surface area (TPSA) is 41.5 Å². The number of hydrogen-bond donors (Lipinski definition) is 2. The lowest BCUT2D eigenvalue weighted by molar-refractivity contribution is 0.0257. The number of aliphatic hydroxyl groups is 1. The summed E-state index contributed by atoms with van der Waals surface area (Å²) in [6.07, 6.45) is 0. The van der Waals surface area contributed by atoms with Crippen molar-refractivity contribution in [2.24, 2.45) is 5.92 Å². The third-order valence-corrected chi connectivity index (χ3v) is 2.51. The summed E-state index contributed by atoms with van der Waals surface area (Å²) in [6.45, 7) is 8.13. The van der Waals surface area contributed by atoms with Crippen molar-refractivity contribution in [1.82, 2.24) is 5.32 Å². The van der Waals surface area contributed by atoms with Gasteiger partial charge in [-0.15, -0.1) is 0 Å². The molecule has 0 amide bonds. The molecule has 0 fully saturated rings. The highest BCUT2D eigenvalue weighted by Gasteiger charge is 2.18. The molecule has 5 heteroatoms. The molecule has 0 saturated heterocycles. The lowest BCUT2D eigenvalue weighted by Crippen LogP contribution is -2.28. The van der Waals surface area contributed by atoms with Crippen molar-refractivity contribution in [2.45, 2.75) is 39.8 Å². The summed E-state index contributed by atoms with van der Waals surface area (Å²) in [5, 5.41) is 12.6. The fraction of sp³-hybridized carbons (Fsp3) is 0.600. The Morgan fingerprint density at radius 3 is 2.25 bits per heavy atom. The van der Waals surface area contributed by atoms with Crippen LogP contribution in [0.1, 0.15) is 33.3 Å². The predicted molar refractivity (Wildman–Crippen MR) is 74.7 cm³/mol. The fourth-order valence-corrected chi connectivity index (χ4v) is 1.61. The minimum absolute atomic E-state index is 0.175. The SMILES string of the molecule is CC(C)CNCc1cc(F)c(OCC(C)(C)O)c(F)c1. The van der Waals surface area contributed by atoms with Crippen molar-refractivity contribution >= 4 is 0 Å². The summed E-state index contributed by atoms with van der Waals surface area (Å²) in [6, 6.07) is 2.49. The first-order valence-electron chi connectivity index (χ1n) is 6.73. The van der Waals surface area contributed by atoms with E-state index in [1.165, 1.54) is 26.0 Å². The summed E-state index contributed by atoms with van der Waals surface area (Å²) in [5.74, 6) is -1.48. The average Bonchev–Trinajstić information content (AvgIpc) is 2.25. The van der Waals surface area contributed by atoms with Crippen molar-refractivity contribution in [3.8, 4) is 5.75 Å². The molecule has 0 aliphatic rings. The smallest absolute Gasteiger partial charge is 0.190 e. The Bertz CT molecular complexity index is 419. The van der Waals surface area contributed by atoms with Crippen molar-refractivity contribution in [2.75, 3.05) is 13.2 Å². The van der Waals surface area contributed by atoms with E-state index in [1.807, 2.05) is 0 Å². The molecule has 1 aromatic carbocycles. The summed E-state index contributed by atoms with van der Waals surface area (Å²) in [5.41, 5.74) is -0.618. The number of halogens is 2. The first-order chi connectivity index (χ1) is 9.19. The van der Waals surface area contributed by atoms with Gasteiger partial charge in [-0.2, -0.15) is 0 Å². The summed E-state index contributed by atoms with van der Waals surface area (Å²) >= 11 is 0. The van der Waals surface area contributed by atoms with E-state index in [1.54, 1.807) is 0 Å². The molecular weight excluding hydrogens is 264 g/mol. The van der Waals surface area contributed by atoms with Gasteiger partial charge in [0.1, 0.15) is 6.61 Å². The van der Waals surface area contributed by atoms with Crippen LogP contribution in [0.15, 0.2) is 12.1 Å². The Balaban J connectivity index is 2.71. The van der Waals surface area contributed by atoms with Gasteiger partial charge in [-0.1, -0.05) is 13.8 Å². The van der Waals surface area contributed by atoms with E-state index in [2.05, 4.69) is 19.2 Å². The van der Waals surface area contributed by atoms with E-state index in [9.17, 15) is 13.9 Å². The first-order valence-corrected chi connectivity index (χ1v) is 6.73. The third kappa shape index (κ3) is 5.84. The zero-order chi connectivity index (χ0) is 15.3. The summed E-state index contributed by atoms with van der Waals surface area (Å²) in [4.78, 5) is 0. The van der Waals surface area contributed by atoms with E-state index in [4.69, 9.17) is 4.74 Å². The maximum absolute atomic E-state index is 13.8. The lowest BCUT2D eigenvalue weighted by atomic mass is 10.1. The van der Waals surface area contributed by atoms with Crippen LogP contribution in [0.5, 0.6) is 5.75 Å². The van der Waals surface area contributed by atoms with Gasteiger partial charge in [-0.3, -0.25) is 0 Å². The van der Waals surface area contributed by atoms with Crippen LogP contribution in [0.4, 0.5) is 8.78 Å². The number of rotatable bonds is 7. The molecule has 0 spiro atoms. The van der Waals surface area contributed by atoms with Gasteiger partial charge in [0.15, 0.2) is 17.4 Å². The quantitative estimate of drug-likeness (QED) is 0.810. The molecule has 0 unspecified atom stereocenters. The van der Waals surface area contributed by atoms with Crippen LogP contribution in [0.2, 0.25) is 0 Å². The fourth-order valence-electron chi connectivity index (χ4n) is 1.61. The molecule has 0 aromatic heterocycles. The maximum atomic E-state index is 13.8. The Labute approximate surface area is 119 Å². The number of nitrogens with one attached hydrogen (secondary N) is 1. The van der Waals surface area contributed by atoms with Crippen LogP contribution in [-0.4, -0.2) is 23.9 Å². The van der Waals surface area contributed by atoms with Gasteiger partial charge < -0.3 is 15.2 Å². The molecule has 0 aliphatic carbocycles. The van der Waals surface area contributed by atoms with E-state index >= 15 is 0 Å². The number of ether oxygens (including phenoxy) is 1. The molecule has 0 atom stereocenters. The van der Waals surface area contributed by atoms with Gasteiger partial charge >= 0.3 is 0 Å². The molecule has 1 rings (SSSR count). The number of benzene rings is 1. The molecule has 0 aliphatic heterocycles. The Kier molecular flexibility index (Phi) is 5.89. The highest BCUT2D eigenvalue weighted by molar-refractivity contribution is 5.31. The molecule has 0 bridgehead atoms. The highest BCUT2D eigenvalue weighted by atomic mass is 19.1. The van der Waals surface area contributed by atoms with Crippen molar-refractivity contribution in [3.05, 3.63) is 29.3 Å². The third-order valence-electron chi connectivity index (χ3n) is 2.51. The van der Waals surface area contributed by atoms with Crippen LogP contribution >= 0.6 is 0 Å². The van der Waals surface area contributed by atoms with Gasteiger partial charge in [0.2, 0.25) is 0 Å². The van der Waals surface area contributed by atoms with Gasteiger partial charge in [-0.05, 0) is 44.0 Å². The molecule has 1 aromatic rings. The molecule has 0 heterocycles. The van der Waals surface area contributed by atoms with Gasteiger partial charge in [0.25, 0.3) is 0 Å². The van der Waals surface area contributed by atoms with E-state index in [-0.39, 0.29) is 6.61 Å². The molecule has 3 nitrogen and oxygen atoms in total. The second kappa shape index (κ2) is 6.99. The number of hydrogen-bond acceptors (Lipinski definition) is 3. The van der Waals surface area contributed by atoms with Gasteiger partial charge in [-0.25, -0.2) is 8.78 Å². The van der Waals surface area contributed by atoms with Crippen LogP contribution in [-0.2, 0) is 6.54 Å². The first kappa shape index (κ1) is 16.9. The molecule has 0 saturated carbocycles. The Morgan fingerprint density at radius 1 is 1.25 bits per heavy atom. The van der Waals surface area contributed by atoms with E-state index < -0.39 is 23.0 Å². The summed E-state index contributed by atoms with van der Waals surface area (Å²) < 4.78 is 32.6. The standard InChI is InChI=1S/C15H23F2NO2/c1-10(2)7-18-8-11-5-12(16)14(13(17)6-11)20-9-15(3,4)19/h5-6,10,18-19H,7-9H2,1-4H3. The van der Waals surface area contributed by atoms with Gasteiger partial charge in [0.05, 0.1) is 5.60 Å². The van der Waals surface area contributed by atoms with Crippen LogP contribution in [0.25, 0.3) is 0 Å². The van der Waals surface area contributed by atoms with Gasteiger partial charge in [0, 0.05) is 6.54 Å². The molecular formula is C15H23F2NO2.